The van der Waals surface area contributed by atoms with Gasteiger partial charge >= 0.3 is 5.97 Å². The second-order valence-corrected chi connectivity index (χ2v) is 6.92. The van der Waals surface area contributed by atoms with Crippen LogP contribution < -0.4 is 5.32 Å². The van der Waals surface area contributed by atoms with Crippen molar-refractivity contribution in [2.75, 3.05) is 11.9 Å². The van der Waals surface area contributed by atoms with E-state index in [-0.39, 0.29) is 12.6 Å². The van der Waals surface area contributed by atoms with Crippen LogP contribution in [0.15, 0.2) is 42.5 Å². The van der Waals surface area contributed by atoms with Crippen molar-refractivity contribution in [1.82, 2.24) is 0 Å². The Bertz CT molecular complexity index is 790. The lowest BCUT2D eigenvalue weighted by molar-refractivity contribution is -0.150. The number of ether oxygens (including phenoxy) is 1. The maximum atomic E-state index is 12.4. The number of aryl methyl sites for hydroxylation is 2. The van der Waals surface area contributed by atoms with Gasteiger partial charge in [-0.05, 0) is 49.4 Å². The predicted molar refractivity (Wildman–Crippen MR) is 97.9 cm³/mol. The Morgan fingerprint density at radius 1 is 1.16 bits per heavy atom. The van der Waals surface area contributed by atoms with E-state index in [4.69, 9.17) is 16.3 Å². The fourth-order valence-corrected chi connectivity index (χ4v) is 3.38. The lowest BCUT2D eigenvalue weighted by Crippen LogP contribution is -2.28. The molecule has 1 fully saturated rings. The number of carbonyl (C=O) groups is 2. The minimum Gasteiger partial charge on any atom is -0.455 e. The third kappa shape index (κ3) is 3.69. The molecule has 1 amide bonds. The predicted octanol–water partition coefficient (Wildman–Crippen LogP) is 4.17. The van der Waals surface area contributed by atoms with Gasteiger partial charge in [0, 0.05) is 0 Å². The summed E-state index contributed by atoms with van der Waals surface area (Å²) in [5.74, 6) is -0.744. The number of anilines is 1. The Balaban J connectivity index is 1.61. The zero-order valence-corrected chi connectivity index (χ0v) is 15.0. The van der Waals surface area contributed by atoms with Crippen molar-refractivity contribution >= 4 is 29.2 Å². The van der Waals surface area contributed by atoms with Crippen LogP contribution in [0.5, 0.6) is 0 Å². The van der Waals surface area contributed by atoms with E-state index in [1.54, 1.807) is 6.07 Å². The first-order valence-electron chi connectivity index (χ1n) is 8.22. The molecule has 1 N–H and O–H groups in total. The van der Waals surface area contributed by atoms with Crippen molar-refractivity contribution in [2.45, 2.75) is 32.1 Å². The number of benzene rings is 2. The molecule has 3 rings (SSSR count). The van der Waals surface area contributed by atoms with Gasteiger partial charge in [0.25, 0.3) is 5.91 Å². The normalized spacial score (nSPS) is 14.7. The number of halogens is 1. The Labute approximate surface area is 152 Å². The summed E-state index contributed by atoms with van der Waals surface area (Å²) >= 11 is 6.18. The molecule has 0 bridgehead atoms. The van der Waals surface area contributed by atoms with Crippen LogP contribution in [0.25, 0.3) is 0 Å². The van der Waals surface area contributed by atoms with E-state index >= 15 is 0 Å². The fourth-order valence-electron chi connectivity index (χ4n) is 3.01. The molecule has 0 saturated heterocycles. The van der Waals surface area contributed by atoms with Crippen molar-refractivity contribution in [1.29, 1.82) is 0 Å². The van der Waals surface area contributed by atoms with Crippen LogP contribution in [0.1, 0.15) is 29.5 Å². The van der Waals surface area contributed by atoms with Crippen molar-refractivity contribution in [3.8, 4) is 0 Å². The van der Waals surface area contributed by atoms with Crippen molar-refractivity contribution < 1.29 is 14.3 Å². The van der Waals surface area contributed by atoms with Crippen LogP contribution in [-0.4, -0.2) is 18.5 Å². The second kappa shape index (κ2) is 6.89. The van der Waals surface area contributed by atoms with E-state index < -0.39 is 11.3 Å². The molecule has 25 heavy (non-hydrogen) atoms. The molecule has 2 aromatic carbocycles. The number of nitrogens with one attached hydrogen (secondary N) is 1. The summed E-state index contributed by atoms with van der Waals surface area (Å²) in [6.45, 7) is 3.48. The molecule has 2 aromatic rings. The highest BCUT2D eigenvalue weighted by Gasteiger charge is 2.52. The van der Waals surface area contributed by atoms with Gasteiger partial charge in [-0.25, -0.2) is 0 Å². The van der Waals surface area contributed by atoms with Gasteiger partial charge in [-0.1, -0.05) is 48.0 Å². The van der Waals surface area contributed by atoms with E-state index in [0.29, 0.717) is 10.7 Å². The molecule has 1 aliphatic rings. The largest absolute Gasteiger partial charge is 0.455 e. The van der Waals surface area contributed by atoms with Crippen molar-refractivity contribution in [3.63, 3.8) is 0 Å². The van der Waals surface area contributed by atoms with Crippen LogP contribution in [0.3, 0.4) is 0 Å². The second-order valence-electron chi connectivity index (χ2n) is 6.51. The molecule has 0 radical (unpaired) electrons. The van der Waals surface area contributed by atoms with Crippen LogP contribution in [0.4, 0.5) is 5.69 Å². The Kier molecular flexibility index (Phi) is 4.82. The number of amides is 1. The molecule has 1 aliphatic carbocycles. The first kappa shape index (κ1) is 17.5. The third-order valence-corrected chi connectivity index (χ3v) is 4.80. The summed E-state index contributed by atoms with van der Waals surface area (Å²) in [7, 11) is 0. The van der Waals surface area contributed by atoms with Crippen LogP contribution in [0, 0.1) is 13.8 Å². The van der Waals surface area contributed by atoms with Crippen LogP contribution >= 0.6 is 11.6 Å². The molecular weight excluding hydrogens is 338 g/mol. The summed E-state index contributed by atoms with van der Waals surface area (Å²) in [5.41, 5.74) is 2.80. The highest BCUT2D eigenvalue weighted by molar-refractivity contribution is 6.34. The minimum absolute atomic E-state index is 0.322. The standard InChI is InChI=1S/C20H20ClNO3/c1-13-10-14(2)18(16(21)11-13)22-17(23)12-25-19(24)20(8-9-20)15-6-4-3-5-7-15/h3-7,10-11H,8-9,12H2,1-2H3,(H,22,23). The monoisotopic (exact) mass is 357 g/mol. The van der Waals surface area contributed by atoms with E-state index in [0.717, 1.165) is 29.5 Å². The first-order chi connectivity index (χ1) is 11.9. The molecule has 0 spiro atoms. The van der Waals surface area contributed by atoms with Gasteiger partial charge < -0.3 is 10.1 Å². The zero-order valence-electron chi connectivity index (χ0n) is 14.3. The lowest BCUT2D eigenvalue weighted by Gasteiger charge is -2.15. The molecule has 5 heteroatoms. The Hall–Kier alpha value is -2.33. The first-order valence-corrected chi connectivity index (χ1v) is 8.59. The average Bonchev–Trinajstić information content (AvgIpc) is 3.38. The van der Waals surface area contributed by atoms with E-state index in [1.165, 1.54) is 0 Å². The molecule has 0 aliphatic heterocycles. The molecule has 0 heterocycles. The quantitative estimate of drug-likeness (QED) is 0.817. The number of hydrogen-bond acceptors (Lipinski definition) is 3. The summed E-state index contributed by atoms with van der Waals surface area (Å²) in [5, 5.41) is 3.20. The van der Waals surface area contributed by atoms with E-state index in [9.17, 15) is 9.59 Å². The number of rotatable bonds is 5. The van der Waals surface area contributed by atoms with Gasteiger partial charge in [-0.2, -0.15) is 0 Å². The number of esters is 1. The molecule has 0 unspecified atom stereocenters. The summed E-state index contributed by atoms with van der Waals surface area (Å²) in [4.78, 5) is 24.6. The van der Waals surface area contributed by atoms with Gasteiger partial charge in [-0.15, -0.1) is 0 Å². The third-order valence-electron chi connectivity index (χ3n) is 4.50. The van der Waals surface area contributed by atoms with E-state index in [2.05, 4.69) is 5.32 Å². The van der Waals surface area contributed by atoms with Crippen molar-refractivity contribution in [3.05, 3.63) is 64.2 Å². The SMILES string of the molecule is Cc1cc(C)c(NC(=O)COC(=O)C2(c3ccccc3)CC2)c(Cl)c1. The molecular formula is C20H20ClNO3. The topological polar surface area (TPSA) is 55.4 Å². The summed E-state index contributed by atoms with van der Waals surface area (Å²) in [6, 6.07) is 13.3. The van der Waals surface area contributed by atoms with Gasteiger partial charge in [0.05, 0.1) is 16.1 Å². The summed E-state index contributed by atoms with van der Waals surface area (Å²) in [6.07, 6.45) is 1.50. The maximum absolute atomic E-state index is 12.4. The number of hydrogen-bond donors (Lipinski definition) is 1. The summed E-state index contributed by atoms with van der Waals surface area (Å²) < 4.78 is 5.27. The molecule has 130 valence electrons. The molecule has 0 atom stereocenters. The molecule has 4 nitrogen and oxygen atoms in total. The number of carbonyl (C=O) groups excluding carboxylic acids is 2. The van der Waals surface area contributed by atoms with Crippen LogP contribution in [0.2, 0.25) is 5.02 Å². The minimum atomic E-state index is -0.584. The highest BCUT2D eigenvalue weighted by atomic mass is 35.5. The average molecular weight is 358 g/mol. The van der Waals surface area contributed by atoms with Gasteiger partial charge in [0.15, 0.2) is 6.61 Å². The molecule has 0 aromatic heterocycles. The highest BCUT2D eigenvalue weighted by Crippen LogP contribution is 2.49. The Morgan fingerprint density at radius 3 is 2.44 bits per heavy atom. The van der Waals surface area contributed by atoms with Gasteiger partial charge in [0.1, 0.15) is 0 Å². The van der Waals surface area contributed by atoms with Crippen LogP contribution in [-0.2, 0) is 19.7 Å². The van der Waals surface area contributed by atoms with Crippen molar-refractivity contribution in [2.24, 2.45) is 0 Å². The van der Waals surface area contributed by atoms with E-state index in [1.807, 2.05) is 50.2 Å². The fraction of sp³-hybridized carbons (Fsp3) is 0.300. The van der Waals surface area contributed by atoms with Gasteiger partial charge in [-0.3, -0.25) is 9.59 Å². The maximum Gasteiger partial charge on any atom is 0.317 e. The lowest BCUT2D eigenvalue weighted by atomic mass is 9.96. The Morgan fingerprint density at radius 2 is 1.84 bits per heavy atom. The van der Waals surface area contributed by atoms with Gasteiger partial charge in [0.2, 0.25) is 0 Å². The zero-order chi connectivity index (χ0) is 18.0. The molecule has 1 saturated carbocycles. The smallest absolute Gasteiger partial charge is 0.317 e.